The number of nitrogens with one attached hydrogen (secondary N) is 3. The van der Waals surface area contributed by atoms with Crippen molar-refractivity contribution in [2.24, 2.45) is 0 Å². The van der Waals surface area contributed by atoms with Gasteiger partial charge in [0.2, 0.25) is 11.8 Å². The smallest absolute Gasteiger partial charge is 0.324 e. The summed E-state index contributed by atoms with van der Waals surface area (Å²) in [7, 11) is 0. The summed E-state index contributed by atoms with van der Waals surface area (Å²) >= 11 is 6.19. The number of carbonyl (C=O) groups is 4. The average Bonchev–Trinajstić information content (AvgIpc) is 2.96. The van der Waals surface area contributed by atoms with E-state index >= 15 is 0 Å². The largest absolute Gasteiger partial charge is 0.329 e. The third kappa shape index (κ3) is 4.29. The number of benzene rings is 2. The number of rotatable bonds is 5. The normalized spacial score (nSPS) is 13.3. The first-order chi connectivity index (χ1) is 13.3. The predicted octanol–water partition coefficient (Wildman–Crippen LogP) is 2.60. The minimum absolute atomic E-state index is 0.0105. The fraction of sp³-hybridized carbons (Fsp3) is 0.158. The van der Waals surface area contributed by atoms with E-state index in [1.54, 1.807) is 36.4 Å². The maximum Gasteiger partial charge on any atom is 0.324 e. The van der Waals surface area contributed by atoms with Gasteiger partial charge in [0.05, 0.1) is 23.8 Å². The van der Waals surface area contributed by atoms with Crippen LogP contribution in [0.2, 0.25) is 5.02 Å². The lowest BCUT2D eigenvalue weighted by molar-refractivity contribution is -0.125. The molecule has 0 spiro atoms. The van der Waals surface area contributed by atoms with Crippen molar-refractivity contribution >= 4 is 46.7 Å². The van der Waals surface area contributed by atoms with Crippen molar-refractivity contribution in [1.29, 1.82) is 0 Å². The lowest BCUT2D eigenvalue weighted by Crippen LogP contribution is -2.31. The lowest BCUT2D eigenvalue weighted by atomic mass is 10.1. The Kier molecular flexibility index (Phi) is 5.60. The van der Waals surface area contributed by atoms with E-state index in [9.17, 15) is 19.2 Å². The first-order valence-corrected chi connectivity index (χ1v) is 8.77. The number of carbonyl (C=O) groups excluding carboxylic acids is 4. The average molecular weight is 401 g/mol. The topological polar surface area (TPSA) is 108 Å². The molecule has 0 saturated carbocycles. The second-order valence-electron chi connectivity index (χ2n) is 6.13. The summed E-state index contributed by atoms with van der Waals surface area (Å²) < 4.78 is 0. The van der Waals surface area contributed by atoms with Crippen LogP contribution in [0.1, 0.15) is 22.8 Å². The summed E-state index contributed by atoms with van der Waals surface area (Å²) in [5.74, 6) is -1.02. The van der Waals surface area contributed by atoms with Gasteiger partial charge in [-0.1, -0.05) is 29.8 Å². The Labute approximate surface area is 165 Å². The van der Waals surface area contributed by atoms with Gasteiger partial charge in [-0.2, -0.15) is 0 Å². The molecule has 8 nitrogen and oxygen atoms in total. The van der Waals surface area contributed by atoms with Gasteiger partial charge in [0.15, 0.2) is 0 Å². The minimum atomic E-state index is -0.489. The standard InChI is InChI=1S/C19H17ClN4O4/c1-11(25)22-13-6-7-16(15(20)8-13)23-18(27)14-5-3-2-4-12(14)10-24-17(26)9-21-19(24)28/h2-8H,9-10H2,1H3,(H,21,28)(H,22,25)(H,23,27). The van der Waals surface area contributed by atoms with Crippen molar-refractivity contribution in [2.75, 3.05) is 17.2 Å². The zero-order valence-electron chi connectivity index (χ0n) is 14.9. The zero-order valence-corrected chi connectivity index (χ0v) is 15.7. The molecule has 2 aromatic carbocycles. The number of amides is 5. The van der Waals surface area contributed by atoms with Gasteiger partial charge in [-0.05, 0) is 29.8 Å². The maximum absolute atomic E-state index is 12.7. The van der Waals surface area contributed by atoms with E-state index in [-0.39, 0.29) is 29.9 Å². The fourth-order valence-corrected chi connectivity index (χ4v) is 2.98. The van der Waals surface area contributed by atoms with Crippen molar-refractivity contribution in [3.63, 3.8) is 0 Å². The van der Waals surface area contributed by atoms with Crippen molar-refractivity contribution in [2.45, 2.75) is 13.5 Å². The molecule has 0 bridgehead atoms. The summed E-state index contributed by atoms with van der Waals surface area (Å²) in [4.78, 5) is 48.5. The molecule has 1 aliphatic rings. The molecule has 144 valence electrons. The van der Waals surface area contributed by atoms with Gasteiger partial charge in [-0.15, -0.1) is 0 Å². The molecule has 3 rings (SSSR count). The SMILES string of the molecule is CC(=O)Nc1ccc(NC(=O)c2ccccc2CN2C(=O)CNC2=O)c(Cl)c1. The van der Waals surface area contributed by atoms with Crippen LogP contribution < -0.4 is 16.0 Å². The van der Waals surface area contributed by atoms with Gasteiger partial charge >= 0.3 is 6.03 Å². The Morgan fingerprint density at radius 2 is 1.89 bits per heavy atom. The molecule has 0 aromatic heterocycles. The number of anilines is 2. The van der Waals surface area contributed by atoms with Crippen molar-refractivity contribution in [3.05, 3.63) is 58.6 Å². The van der Waals surface area contributed by atoms with Crippen LogP contribution in [0.3, 0.4) is 0 Å². The summed E-state index contributed by atoms with van der Waals surface area (Å²) in [6, 6.07) is 10.9. The van der Waals surface area contributed by atoms with Crippen molar-refractivity contribution in [1.82, 2.24) is 10.2 Å². The molecule has 0 aliphatic carbocycles. The van der Waals surface area contributed by atoms with Crippen LogP contribution in [0.15, 0.2) is 42.5 Å². The predicted molar refractivity (Wildman–Crippen MR) is 104 cm³/mol. The molecule has 9 heteroatoms. The summed E-state index contributed by atoms with van der Waals surface area (Å²) in [5.41, 5.74) is 1.72. The molecule has 5 amide bonds. The Morgan fingerprint density at radius 1 is 1.14 bits per heavy atom. The Balaban J connectivity index is 1.79. The van der Waals surface area contributed by atoms with E-state index in [2.05, 4.69) is 16.0 Å². The molecule has 3 N–H and O–H groups in total. The molecule has 1 aliphatic heterocycles. The van der Waals surface area contributed by atoms with Crippen molar-refractivity contribution in [3.8, 4) is 0 Å². The Hall–Kier alpha value is -3.39. The highest BCUT2D eigenvalue weighted by molar-refractivity contribution is 6.34. The molecule has 1 heterocycles. The number of hydrogen-bond donors (Lipinski definition) is 3. The van der Waals surface area contributed by atoms with Crippen LogP contribution in [0.25, 0.3) is 0 Å². The van der Waals surface area contributed by atoms with Crippen LogP contribution in [0.5, 0.6) is 0 Å². The zero-order chi connectivity index (χ0) is 20.3. The summed E-state index contributed by atoms with van der Waals surface area (Å²) in [5, 5.41) is 8.01. The van der Waals surface area contributed by atoms with Gasteiger partial charge < -0.3 is 16.0 Å². The second-order valence-corrected chi connectivity index (χ2v) is 6.53. The molecule has 28 heavy (non-hydrogen) atoms. The van der Waals surface area contributed by atoms with Crippen LogP contribution in [-0.2, 0) is 16.1 Å². The second kappa shape index (κ2) is 8.10. The molecule has 1 fully saturated rings. The highest BCUT2D eigenvalue weighted by Crippen LogP contribution is 2.26. The third-order valence-corrected chi connectivity index (χ3v) is 4.38. The van der Waals surface area contributed by atoms with Gasteiger partial charge in [-0.3, -0.25) is 19.3 Å². The van der Waals surface area contributed by atoms with Crippen LogP contribution in [0.4, 0.5) is 16.2 Å². The minimum Gasteiger partial charge on any atom is -0.329 e. The quantitative estimate of drug-likeness (QED) is 0.670. The van der Waals surface area contributed by atoms with E-state index in [0.717, 1.165) is 4.90 Å². The summed E-state index contributed by atoms with van der Waals surface area (Å²) in [6.45, 7) is 1.32. The lowest BCUT2D eigenvalue weighted by Gasteiger charge is -2.16. The van der Waals surface area contributed by atoms with Crippen molar-refractivity contribution < 1.29 is 19.2 Å². The van der Waals surface area contributed by atoms with E-state index in [1.165, 1.54) is 13.0 Å². The molecular weight excluding hydrogens is 384 g/mol. The van der Waals surface area contributed by atoms with Crippen LogP contribution >= 0.6 is 11.6 Å². The van der Waals surface area contributed by atoms with E-state index in [4.69, 9.17) is 11.6 Å². The monoisotopic (exact) mass is 400 g/mol. The number of urea groups is 1. The van der Waals surface area contributed by atoms with Crippen LogP contribution in [-0.4, -0.2) is 35.2 Å². The number of hydrogen-bond acceptors (Lipinski definition) is 4. The number of nitrogens with zero attached hydrogens (tertiary/aromatic N) is 1. The Morgan fingerprint density at radius 3 is 2.54 bits per heavy atom. The molecular formula is C19H17ClN4O4. The van der Waals surface area contributed by atoms with Gasteiger partial charge in [0, 0.05) is 18.2 Å². The fourth-order valence-electron chi connectivity index (χ4n) is 2.75. The molecule has 0 radical (unpaired) electrons. The van der Waals surface area contributed by atoms with Gasteiger partial charge in [0.1, 0.15) is 0 Å². The maximum atomic E-state index is 12.7. The van der Waals surface area contributed by atoms with Crippen LogP contribution in [0, 0.1) is 0 Å². The van der Waals surface area contributed by atoms with E-state index in [0.29, 0.717) is 22.5 Å². The summed E-state index contributed by atoms with van der Waals surface area (Å²) in [6.07, 6.45) is 0. The highest BCUT2D eigenvalue weighted by atomic mass is 35.5. The Bertz CT molecular complexity index is 960. The van der Waals surface area contributed by atoms with E-state index < -0.39 is 11.9 Å². The first-order valence-electron chi connectivity index (χ1n) is 8.39. The third-order valence-electron chi connectivity index (χ3n) is 4.07. The highest BCUT2D eigenvalue weighted by Gasteiger charge is 2.29. The first kappa shape index (κ1) is 19.4. The molecule has 2 aromatic rings. The molecule has 0 unspecified atom stereocenters. The van der Waals surface area contributed by atoms with E-state index in [1.807, 2.05) is 0 Å². The number of halogens is 1. The molecule has 1 saturated heterocycles. The van der Waals surface area contributed by atoms with Gasteiger partial charge in [0.25, 0.3) is 5.91 Å². The number of imide groups is 1. The van der Waals surface area contributed by atoms with Gasteiger partial charge in [-0.25, -0.2) is 4.79 Å². The molecule has 0 atom stereocenters.